The van der Waals surface area contributed by atoms with E-state index in [1.807, 2.05) is 26.2 Å². The summed E-state index contributed by atoms with van der Waals surface area (Å²) in [5.74, 6) is -1.07. The van der Waals surface area contributed by atoms with Crippen molar-refractivity contribution < 1.29 is 44.2 Å². The van der Waals surface area contributed by atoms with Gasteiger partial charge in [-0.2, -0.15) is 11.8 Å². The minimum atomic E-state index is -2.74. The normalized spacial score (nSPS) is 11.1. The molecule has 1 heterocycles. The second-order valence-corrected chi connectivity index (χ2v) is 8.25. The van der Waals surface area contributed by atoms with Gasteiger partial charge in [-0.05, 0) is 26.2 Å². The van der Waals surface area contributed by atoms with E-state index in [1.54, 1.807) is 18.8 Å². The number of furan rings is 1. The van der Waals surface area contributed by atoms with E-state index in [9.17, 15) is 24.5 Å². The number of thioether (sulfide) groups is 1. The number of hydrogen-bond acceptors (Lipinski definition) is 11. The van der Waals surface area contributed by atoms with E-state index in [0.29, 0.717) is 12.4 Å². The molecule has 0 aliphatic carbocycles. The summed E-state index contributed by atoms with van der Waals surface area (Å²) in [6.07, 6.45) is -1.37. The van der Waals surface area contributed by atoms with Gasteiger partial charge >= 0.3 is 44.1 Å². The number of carbonyl (C=O) groups is 3. The van der Waals surface area contributed by atoms with Crippen LogP contribution in [0.4, 0.5) is 0 Å². The molecule has 6 N–H and O–H groups in total. The predicted octanol–water partition coefficient (Wildman–Crippen LogP) is -0.973. The molecule has 0 atom stereocenters. The van der Waals surface area contributed by atoms with Crippen LogP contribution < -0.4 is 10.6 Å². The topological polar surface area (TPSA) is 216 Å². The van der Waals surface area contributed by atoms with E-state index >= 15 is 0 Å². The number of carboxylic acids is 3. The first kappa shape index (κ1) is 34.7. The van der Waals surface area contributed by atoms with Crippen molar-refractivity contribution in [3.63, 3.8) is 0 Å². The van der Waals surface area contributed by atoms with Crippen molar-refractivity contribution in [2.45, 2.75) is 30.7 Å². The summed E-state index contributed by atoms with van der Waals surface area (Å²) < 4.78 is 5.70. The van der Waals surface area contributed by atoms with Gasteiger partial charge in [0, 0.05) is 19.3 Å². The number of carboxylic acid groups (broad SMARTS) is 3. The SMILES string of the molecule is CNC(=C[N+](=O)[O-])NCCSCc1ccc(CN(C)C)o1.O=C(O)CC(O)(CC(=O)O)C(=O)O.[BiH3]. The molecule has 0 aromatic carbocycles. The third-order valence-corrected chi connectivity index (χ3v) is 4.77. The molecular weight excluding hydrogens is 685 g/mol. The number of aliphatic hydroxyl groups is 1. The van der Waals surface area contributed by atoms with Gasteiger partial charge in [0.15, 0.2) is 11.4 Å². The fourth-order valence-electron chi connectivity index (χ4n) is 2.35. The van der Waals surface area contributed by atoms with Crippen LogP contribution in [-0.2, 0) is 26.7 Å². The quantitative estimate of drug-likeness (QED) is 0.0557. The van der Waals surface area contributed by atoms with Crippen LogP contribution in [0.1, 0.15) is 24.4 Å². The zero-order chi connectivity index (χ0) is 26.3. The maximum atomic E-state index is 10.3. The summed E-state index contributed by atoms with van der Waals surface area (Å²) >= 11 is 1.72. The Morgan fingerprint density at radius 2 is 1.71 bits per heavy atom. The Bertz CT molecular complexity index is 846. The van der Waals surface area contributed by atoms with Crippen LogP contribution in [0.5, 0.6) is 0 Å². The minimum absolute atomic E-state index is 0. The van der Waals surface area contributed by atoms with Crippen molar-refractivity contribution in [2.24, 2.45) is 0 Å². The van der Waals surface area contributed by atoms with Crippen LogP contribution >= 0.6 is 11.8 Å². The molecular formula is C19H33BiN4O10S. The fourth-order valence-corrected chi connectivity index (χ4v) is 3.09. The molecule has 35 heavy (non-hydrogen) atoms. The molecule has 0 bridgehead atoms. The van der Waals surface area contributed by atoms with Gasteiger partial charge in [-0.15, -0.1) is 0 Å². The molecule has 1 rings (SSSR count). The van der Waals surface area contributed by atoms with Crippen molar-refractivity contribution in [1.29, 1.82) is 0 Å². The van der Waals surface area contributed by atoms with Gasteiger partial charge in [-0.3, -0.25) is 19.7 Å². The number of rotatable bonds is 15. The van der Waals surface area contributed by atoms with Crippen LogP contribution in [-0.4, -0.2) is 113 Å². The summed E-state index contributed by atoms with van der Waals surface area (Å²) in [6.45, 7) is 1.44. The molecule has 0 radical (unpaired) electrons. The Morgan fingerprint density at radius 3 is 2.14 bits per heavy atom. The van der Waals surface area contributed by atoms with Crippen LogP contribution in [0.3, 0.4) is 0 Å². The molecule has 0 saturated carbocycles. The Hall–Kier alpha value is -2.42. The van der Waals surface area contributed by atoms with Crippen molar-refractivity contribution in [3.8, 4) is 0 Å². The van der Waals surface area contributed by atoms with Gasteiger partial charge < -0.3 is 40.4 Å². The van der Waals surface area contributed by atoms with Gasteiger partial charge in [0.25, 0.3) is 6.20 Å². The summed E-state index contributed by atoms with van der Waals surface area (Å²) in [7, 11) is 5.64. The van der Waals surface area contributed by atoms with E-state index in [-0.39, 0.29) is 26.2 Å². The Morgan fingerprint density at radius 1 is 1.17 bits per heavy atom. The van der Waals surface area contributed by atoms with Crippen LogP contribution in [0.25, 0.3) is 0 Å². The second-order valence-electron chi connectivity index (χ2n) is 7.14. The van der Waals surface area contributed by atoms with Crippen molar-refractivity contribution in [1.82, 2.24) is 15.5 Å². The molecule has 200 valence electrons. The van der Waals surface area contributed by atoms with Crippen LogP contribution in [0, 0.1) is 10.1 Å². The van der Waals surface area contributed by atoms with Crippen molar-refractivity contribution >= 4 is 55.9 Å². The first-order chi connectivity index (χ1) is 15.8. The Kier molecular flexibility index (Phi) is 17.8. The summed E-state index contributed by atoms with van der Waals surface area (Å²) in [5, 5.41) is 49.9. The molecule has 0 saturated heterocycles. The number of hydrogen-bond donors (Lipinski definition) is 6. The van der Waals surface area contributed by atoms with Crippen LogP contribution in [0.2, 0.25) is 0 Å². The maximum absolute atomic E-state index is 10.3. The van der Waals surface area contributed by atoms with Crippen molar-refractivity contribution in [2.75, 3.05) is 33.4 Å². The van der Waals surface area contributed by atoms with Gasteiger partial charge in [0.1, 0.15) is 11.5 Å². The average Bonchev–Trinajstić information content (AvgIpc) is 3.12. The molecule has 0 spiro atoms. The van der Waals surface area contributed by atoms with Gasteiger partial charge in [-0.1, -0.05) is 0 Å². The first-order valence-electron chi connectivity index (χ1n) is 9.75. The van der Waals surface area contributed by atoms with E-state index in [4.69, 9.17) is 24.8 Å². The third kappa shape index (κ3) is 16.8. The Balaban J connectivity index is 0. The molecule has 1 aromatic rings. The first-order valence-corrected chi connectivity index (χ1v) is 10.9. The zero-order valence-corrected chi connectivity index (χ0v) is 26.0. The van der Waals surface area contributed by atoms with Gasteiger partial charge in [-0.25, -0.2) is 4.79 Å². The van der Waals surface area contributed by atoms with Gasteiger partial charge in [0.05, 0.1) is 30.1 Å². The van der Waals surface area contributed by atoms with Crippen molar-refractivity contribution in [3.05, 3.63) is 45.8 Å². The van der Waals surface area contributed by atoms with E-state index in [0.717, 1.165) is 35.8 Å². The number of nitrogens with zero attached hydrogens (tertiary/aromatic N) is 2. The molecule has 0 aliphatic heterocycles. The number of nitrogens with one attached hydrogen (secondary N) is 2. The van der Waals surface area contributed by atoms with E-state index < -0.39 is 41.3 Å². The Labute approximate surface area is 225 Å². The number of aliphatic carboxylic acids is 3. The zero-order valence-electron chi connectivity index (χ0n) is 19.7. The molecule has 14 nitrogen and oxygen atoms in total. The second kappa shape index (κ2) is 17.9. The van der Waals surface area contributed by atoms with E-state index in [2.05, 4.69) is 15.5 Å². The van der Waals surface area contributed by atoms with Gasteiger partial charge in [0.2, 0.25) is 0 Å². The van der Waals surface area contributed by atoms with E-state index in [1.165, 1.54) is 0 Å². The summed E-state index contributed by atoms with van der Waals surface area (Å²) in [5.41, 5.74) is -2.74. The average molecular weight is 719 g/mol. The third-order valence-electron chi connectivity index (χ3n) is 3.78. The standard InChI is InChI=1S/C13H22N4O3S.C6H8O7.Bi.3H/c1-14-13(9-17(18)19)15-6-7-21-10-12-5-4-11(20-12)8-16(2)3;7-3(8)1-6(13,5(11)12)2-4(9)10;;;;/h4-5,9,14-15H,6-8,10H2,1-3H3;13H,1-2H2,(H,7,8)(H,9,10)(H,11,12);;;;. The molecule has 0 unspecified atom stereocenters. The molecule has 0 fully saturated rings. The summed E-state index contributed by atoms with van der Waals surface area (Å²) in [6, 6.07) is 3.98. The predicted molar refractivity (Wildman–Crippen MR) is 131 cm³/mol. The molecule has 0 aliphatic rings. The van der Waals surface area contributed by atoms with Crippen LogP contribution in [0.15, 0.2) is 28.6 Å². The molecule has 16 heteroatoms. The number of nitro groups is 1. The monoisotopic (exact) mass is 718 g/mol. The molecule has 1 aromatic heterocycles. The summed E-state index contributed by atoms with van der Waals surface area (Å²) in [4.78, 5) is 42.4. The fraction of sp³-hybridized carbons (Fsp3) is 0.526. The molecule has 0 amide bonds.